The van der Waals surface area contributed by atoms with Crippen LogP contribution >= 0.6 is 11.6 Å². The summed E-state index contributed by atoms with van der Waals surface area (Å²) in [5, 5.41) is 14.2. The highest BCUT2D eigenvalue weighted by atomic mass is 35.5. The molecule has 3 rings (SSSR count). The van der Waals surface area contributed by atoms with Gasteiger partial charge in [-0.3, -0.25) is 19.0 Å². The third-order valence-corrected chi connectivity index (χ3v) is 4.41. The number of nitrogens with zero attached hydrogens (tertiary/aromatic N) is 4. The SMILES string of the molecule is Cc1c(Cl)cnn1C(C)C(=O)Nc1cn(C)nc1C(=O)NCc1ccco1. The first kappa shape index (κ1) is 18.7. The molecular weight excluding hydrogens is 372 g/mol. The molecule has 27 heavy (non-hydrogen) atoms. The van der Waals surface area contributed by atoms with Crippen LogP contribution in [0.2, 0.25) is 5.02 Å². The van der Waals surface area contributed by atoms with E-state index in [1.165, 1.54) is 21.8 Å². The Hall–Kier alpha value is -3.07. The zero-order valence-electron chi connectivity index (χ0n) is 15.1. The maximum absolute atomic E-state index is 12.6. The molecule has 0 bridgehead atoms. The normalized spacial score (nSPS) is 12.0. The lowest BCUT2D eigenvalue weighted by atomic mass is 10.2. The number of furan rings is 1. The molecule has 10 heteroatoms. The van der Waals surface area contributed by atoms with Crippen LogP contribution in [-0.2, 0) is 18.4 Å². The van der Waals surface area contributed by atoms with Gasteiger partial charge in [0, 0.05) is 13.2 Å². The van der Waals surface area contributed by atoms with E-state index < -0.39 is 11.9 Å². The van der Waals surface area contributed by atoms with Gasteiger partial charge in [0.1, 0.15) is 11.8 Å². The van der Waals surface area contributed by atoms with Gasteiger partial charge in [0.05, 0.1) is 35.4 Å². The molecule has 3 heterocycles. The predicted molar refractivity (Wildman–Crippen MR) is 98.4 cm³/mol. The van der Waals surface area contributed by atoms with E-state index in [2.05, 4.69) is 20.8 Å². The summed E-state index contributed by atoms with van der Waals surface area (Å²) in [5.74, 6) is -0.149. The van der Waals surface area contributed by atoms with Gasteiger partial charge >= 0.3 is 0 Å². The first-order valence-corrected chi connectivity index (χ1v) is 8.59. The number of aryl methyl sites for hydroxylation is 1. The Morgan fingerprint density at radius 3 is 2.81 bits per heavy atom. The van der Waals surface area contributed by atoms with Gasteiger partial charge in [-0.2, -0.15) is 10.2 Å². The third kappa shape index (κ3) is 4.03. The molecule has 0 radical (unpaired) electrons. The average Bonchev–Trinajstić information content (AvgIpc) is 3.35. The smallest absolute Gasteiger partial charge is 0.274 e. The van der Waals surface area contributed by atoms with Gasteiger partial charge in [0.15, 0.2) is 5.69 Å². The molecule has 142 valence electrons. The van der Waals surface area contributed by atoms with Gasteiger partial charge in [-0.15, -0.1) is 0 Å². The molecule has 9 nitrogen and oxygen atoms in total. The molecule has 0 aliphatic carbocycles. The second kappa shape index (κ2) is 7.67. The Balaban J connectivity index is 1.72. The van der Waals surface area contributed by atoms with Crippen molar-refractivity contribution >= 4 is 29.1 Å². The molecule has 3 aromatic rings. The lowest BCUT2D eigenvalue weighted by molar-refractivity contribution is -0.119. The van der Waals surface area contributed by atoms with Crippen molar-refractivity contribution in [3.63, 3.8) is 0 Å². The lowest BCUT2D eigenvalue weighted by Crippen LogP contribution is -2.28. The van der Waals surface area contributed by atoms with Gasteiger partial charge in [0.2, 0.25) is 5.91 Å². The summed E-state index contributed by atoms with van der Waals surface area (Å²) in [6, 6.07) is 2.87. The molecule has 0 aromatic carbocycles. The molecule has 0 fully saturated rings. The van der Waals surface area contributed by atoms with Crippen LogP contribution in [0.1, 0.15) is 34.9 Å². The summed E-state index contributed by atoms with van der Waals surface area (Å²) >= 11 is 6.00. The molecule has 0 spiro atoms. The van der Waals surface area contributed by atoms with Crippen LogP contribution in [0, 0.1) is 6.92 Å². The predicted octanol–water partition coefficient (Wildman–Crippen LogP) is 2.30. The van der Waals surface area contributed by atoms with Crippen molar-refractivity contribution in [2.45, 2.75) is 26.4 Å². The molecule has 0 aliphatic rings. The Kier molecular flexibility index (Phi) is 5.31. The van der Waals surface area contributed by atoms with Gasteiger partial charge in [-0.1, -0.05) is 11.6 Å². The second-order valence-electron chi connectivity index (χ2n) is 6.01. The van der Waals surface area contributed by atoms with Crippen molar-refractivity contribution in [2.75, 3.05) is 5.32 Å². The van der Waals surface area contributed by atoms with Crippen LogP contribution in [0.15, 0.2) is 35.2 Å². The summed E-state index contributed by atoms with van der Waals surface area (Å²) in [4.78, 5) is 25.0. The van der Waals surface area contributed by atoms with Crippen molar-refractivity contribution in [1.29, 1.82) is 0 Å². The summed E-state index contributed by atoms with van der Waals surface area (Å²) in [5.41, 5.74) is 1.10. The Bertz CT molecular complexity index is 960. The van der Waals surface area contributed by atoms with E-state index in [4.69, 9.17) is 16.0 Å². The van der Waals surface area contributed by atoms with E-state index in [0.29, 0.717) is 22.2 Å². The maximum Gasteiger partial charge on any atom is 0.274 e. The van der Waals surface area contributed by atoms with Crippen molar-refractivity contribution in [3.8, 4) is 0 Å². The van der Waals surface area contributed by atoms with Gasteiger partial charge in [0.25, 0.3) is 5.91 Å². The van der Waals surface area contributed by atoms with Crippen LogP contribution < -0.4 is 10.6 Å². The number of carbonyl (C=O) groups is 2. The zero-order valence-corrected chi connectivity index (χ0v) is 15.8. The van der Waals surface area contributed by atoms with E-state index in [9.17, 15) is 9.59 Å². The number of halogens is 1. The lowest BCUT2D eigenvalue weighted by Gasteiger charge is -2.14. The van der Waals surface area contributed by atoms with Crippen LogP contribution in [0.5, 0.6) is 0 Å². The van der Waals surface area contributed by atoms with Gasteiger partial charge in [-0.25, -0.2) is 0 Å². The van der Waals surface area contributed by atoms with Crippen LogP contribution in [-0.4, -0.2) is 31.4 Å². The number of carbonyl (C=O) groups excluding carboxylic acids is 2. The monoisotopic (exact) mass is 390 g/mol. The highest BCUT2D eigenvalue weighted by Crippen LogP contribution is 2.20. The van der Waals surface area contributed by atoms with E-state index in [0.717, 1.165) is 0 Å². The minimum absolute atomic E-state index is 0.111. The number of hydrogen-bond donors (Lipinski definition) is 2. The Morgan fingerprint density at radius 1 is 1.41 bits per heavy atom. The highest BCUT2D eigenvalue weighted by molar-refractivity contribution is 6.31. The van der Waals surface area contributed by atoms with Gasteiger partial charge in [-0.05, 0) is 26.0 Å². The Morgan fingerprint density at radius 2 is 2.19 bits per heavy atom. The molecule has 1 atom stereocenters. The fourth-order valence-corrected chi connectivity index (χ4v) is 2.68. The molecule has 0 saturated carbocycles. The van der Waals surface area contributed by atoms with Crippen LogP contribution in [0.3, 0.4) is 0 Å². The van der Waals surface area contributed by atoms with Crippen molar-refractivity contribution in [3.05, 3.63) is 53.0 Å². The number of rotatable bonds is 6. The first-order valence-electron chi connectivity index (χ1n) is 8.21. The van der Waals surface area contributed by atoms with Crippen LogP contribution in [0.25, 0.3) is 0 Å². The molecule has 2 amide bonds. The number of amides is 2. The molecule has 1 unspecified atom stereocenters. The topological polar surface area (TPSA) is 107 Å². The van der Waals surface area contributed by atoms with Crippen molar-refractivity contribution in [1.82, 2.24) is 24.9 Å². The maximum atomic E-state index is 12.6. The van der Waals surface area contributed by atoms with Crippen LogP contribution in [0.4, 0.5) is 5.69 Å². The number of aromatic nitrogens is 4. The fourth-order valence-electron chi connectivity index (χ4n) is 2.55. The Labute approximate surface area is 160 Å². The third-order valence-electron chi connectivity index (χ3n) is 4.04. The van der Waals surface area contributed by atoms with E-state index >= 15 is 0 Å². The second-order valence-corrected chi connectivity index (χ2v) is 6.42. The standard InChI is InChI=1S/C17H19ClN6O3/c1-10-13(18)8-20-24(10)11(2)16(25)21-14-9-23(3)22-15(14)17(26)19-7-12-5-4-6-27-12/h4-6,8-9,11H,7H2,1-3H3,(H,19,26)(H,21,25). The largest absolute Gasteiger partial charge is 0.467 e. The molecule has 2 N–H and O–H groups in total. The quantitative estimate of drug-likeness (QED) is 0.671. The average molecular weight is 391 g/mol. The molecule has 3 aromatic heterocycles. The van der Waals surface area contributed by atoms with Gasteiger partial charge < -0.3 is 15.1 Å². The molecule has 0 saturated heterocycles. The van der Waals surface area contributed by atoms with Crippen molar-refractivity contribution in [2.24, 2.45) is 7.05 Å². The summed E-state index contributed by atoms with van der Waals surface area (Å²) in [6.45, 7) is 3.69. The number of hydrogen-bond acceptors (Lipinski definition) is 5. The fraction of sp³-hybridized carbons (Fsp3) is 0.294. The summed E-state index contributed by atoms with van der Waals surface area (Å²) in [6.07, 6.45) is 4.58. The molecule has 0 aliphatic heterocycles. The minimum atomic E-state index is -0.614. The minimum Gasteiger partial charge on any atom is -0.467 e. The number of nitrogens with one attached hydrogen (secondary N) is 2. The highest BCUT2D eigenvalue weighted by Gasteiger charge is 2.23. The van der Waals surface area contributed by atoms with E-state index in [1.54, 1.807) is 39.2 Å². The zero-order chi connectivity index (χ0) is 19.6. The summed E-state index contributed by atoms with van der Waals surface area (Å²) < 4.78 is 8.16. The summed E-state index contributed by atoms with van der Waals surface area (Å²) in [7, 11) is 1.67. The molecular formula is C17H19ClN6O3. The first-order chi connectivity index (χ1) is 12.9. The number of anilines is 1. The van der Waals surface area contributed by atoms with E-state index in [-0.39, 0.29) is 18.1 Å². The van der Waals surface area contributed by atoms with Crippen molar-refractivity contribution < 1.29 is 14.0 Å². The van der Waals surface area contributed by atoms with E-state index in [1.807, 2.05) is 0 Å².